The average molecular weight is 340 g/mol. The van der Waals surface area contributed by atoms with Crippen molar-refractivity contribution in [2.75, 3.05) is 6.61 Å². The molecule has 2 aromatic carbocycles. The van der Waals surface area contributed by atoms with Crippen LogP contribution in [0.25, 0.3) is 21.8 Å². The highest BCUT2D eigenvalue weighted by Gasteiger charge is 2.09. The van der Waals surface area contributed by atoms with Gasteiger partial charge in [-0.1, -0.05) is 30.7 Å². The zero-order chi connectivity index (χ0) is 18.1. The molecule has 0 unspecified atom stereocenters. The number of aromatic nitrogens is 1. The van der Waals surface area contributed by atoms with E-state index in [1.165, 1.54) is 21.9 Å². The van der Waals surface area contributed by atoms with Crippen molar-refractivity contribution < 1.29 is 15.2 Å². The van der Waals surface area contributed by atoms with E-state index < -0.39 is 7.69 Å². The maximum Gasteiger partial charge on any atom is 0.432 e. The standard InChI is InChI=1S/C19H22N2O.BH3O2/c20-13-15-9-10-19-17(16(15)7-2-1-5-11-22)12-14-6-3-4-8-18(14)21-19;2-1-3/h3-4,6,8-10,12,22H,1-2,5,7,11,13,20H2;1-3H. The van der Waals surface area contributed by atoms with Crippen LogP contribution in [0.2, 0.25) is 0 Å². The van der Waals surface area contributed by atoms with Crippen LogP contribution in [0.5, 0.6) is 0 Å². The van der Waals surface area contributed by atoms with Gasteiger partial charge in [-0.05, 0) is 48.6 Å². The molecule has 0 aliphatic heterocycles. The van der Waals surface area contributed by atoms with Crippen LogP contribution in [0.15, 0.2) is 42.5 Å². The fourth-order valence-corrected chi connectivity index (χ4v) is 3.03. The number of nitrogens with zero attached hydrogens (tertiary/aromatic N) is 1. The Morgan fingerprint density at radius 2 is 1.72 bits per heavy atom. The van der Waals surface area contributed by atoms with Crippen LogP contribution < -0.4 is 5.73 Å². The highest BCUT2D eigenvalue weighted by atomic mass is 16.4. The first-order valence-electron chi connectivity index (χ1n) is 8.58. The van der Waals surface area contributed by atoms with E-state index in [0.717, 1.165) is 36.7 Å². The van der Waals surface area contributed by atoms with Crippen molar-refractivity contribution in [3.63, 3.8) is 0 Å². The molecule has 0 radical (unpaired) electrons. The molecule has 5 N–H and O–H groups in total. The van der Waals surface area contributed by atoms with Crippen molar-refractivity contribution >= 4 is 29.5 Å². The number of aliphatic hydroxyl groups is 1. The third-order valence-electron chi connectivity index (χ3n) is 4.21. The first-order chi connectivity index (χ1) is 12.2. The Hall–Kier alpha value is -1.99. The quantitative estimate of drug-likeness (QED) is 0.311. The van der Waals surface area contributed by atoms with Gasteiger partial charge >= 0.3 is 7.69 Å². The van der Waals surface area contributed by atoms with E-state index in [2.05, 4.69) is 24.3 Å². The SMILES string of the molecule is NCc1ccc2nc3ccccc3cc2c1CCCCCO.OBO. The molecule has 3 rings (SSSR count). The van der Waals surface area contributed by atoms with Gasteiger partial charge in [-0.3, -0.25) is 0 Å². The molecular formula is C19H25BN2O3. The van der Waals surface area contributed by atoms with Crippen LogP contribution in [0.4, 0.5) is 0 Å². The van der Waals surface area contributed by atoms with E-state index in [9.17, 15) is 0 Å². The smallest absolute Gasteiger partial charge is 0.430 e. The Labute approximate surface area is 148 Å². The summed E-state index contributed by atoms with van der Waals surface area (Å²) in [6, 6.07) is 14.6. The molecule has 0 saturated heterocycles. The largest absolute Gasteiger partial charge is 0.432 e. The number of aliphatic hydroxyl groups excluding tert-OH is 1. The number of nitrogens with two attached hydrogens (primary N) is 1. The second-order valence-corrected chi connectivity index (χ2v) is 5.83. The van der Waals surface area contributed by atoms with Crippen LogP contribution in [-0.4, -0.2) is 34.4 Å². The number of benzene rings is 2. The molecule has 1 heterocycles. The number of rotatable bonds is 6. The van der Waals surface area contributed by atoms with Crippen LogP contribution in [0, 0.1) is 0 Å². The van der Waals surface area contributed by atoms with E-state index in [4.69, 9.17) is 25.9 Å². The summed E-state index contributed by atoms with van der Waals surface area (Å²) in [5, 5.41) is 25.6. The zero-order valence-corrected chi connectivity index (χ0v) is 14.4. The fraction of sp³-hybridized carbons (Fsp3) is 0.316. The summed E-state index contributed by atoms with van der Waals surface area (Å²) in [7, 11) is -0.750. The summed E-state index contributed by atoms with van der Waals surface area (Å²) in [4.78, 5) is 4.78. The van der Waals surface area contributed by atoms with Crippen molar-refractivity contribution in [3.05, 3.63) is 53.6 Å². The van der Waals surface area contributed by atoms with E-state index in [-0.39, 0.29) is 6.61 Å². The lowest BCUT2D eigenvalue weighted by Crippen LogP contribution is -2.03. The predicted octanol–water partition coefficient (Wildman–Crippen LogP) is 1.79. The summed E-state index contributed by atoms with van der Waals surface area (Å²) in [5.74, 6) is 0. The van der Waals surface area contributed by atoms with E-state index in [0.29, 0.717) is 6.54 Å². The van der Waals surface area contributed by atoms with Gasteiger partial charge in [0.15, 0.2) is 0 Å². The molecular weight excluding hydrogens is 315 g/mol. The summed E-state index contributed by atoms with van der Waals surface area (Å²) < 4.78 is 0. The third kappa shape index (κ3) is 5.00. The van der Waals surface area contributed by atoms with E-state index in [1.807, 2.05) is 18.2 Å². The van der Waals surface area contributed by atoms with Gasteiger partial charge in [-0.2, -0.15) is 0 Å². The number of para-hydroxylation sites is 1. The maximum atomic E-state index is 8.92. The predicted molar refractivity (Wildman–Crippen MR) is 103 cm³/mol. The Kier molecular flexibility index (Phi) is 7.82. The molecule has 3 aromatic rings. The van der Waals surface area contributed by atoms with Crippen LogP contribution >= 0.6 is 0 Å². The molecule has 0 aliphatic rings. The van der Waals surface area contributed by atoms with Gasteiger partial charge in [-0.15, -0.1) is 0 Å². The van der Waals surface area contributed by atoms with E-state index >= 15 is 0 Å². The highest BCUT2D eigenvalue weighted by Crippen LogP contribution is 2.26. The van der Waals surface area contributed by atoms with Crippen LogP contribution in [0.3, 0.4) is 0 Å². The van der Waals surface area contributed by atoms with Gasteiger partial charge in [0, 0.05) is 23.9 Å². The number of hydrogen-bond donors (Lipinski definition) is 4. The molecule has 5 nitrogen and oxygen atoms in total. The zero-order valence-electron chi connectivity index (χ0n) is 14.4. The molecule has 1 aromatic heterocycles. The Bertz CT molecular complexity index is 811. The second kappa shape index (κ2) is 10.1. The van der Waals surface area contributed by atoms with Crippen LogP contribution in [-0.2, 0) is 13.0 Å². The van der Waals surface area contributed by atoms with Gasteiger partial charge in [0.05, 0.1) is 11.0 Å². The average Bonchev–Trinajstić information content (AvgIpc) is 2.64. The van der Waals surface area contributed by atoms with Crippen LogP contribution in [0.1, 0.15) is 30.4 Å². The fourth-order valence-electron chi connectivity index (χ4n) is 3.03. The molecule has 6 heteroatoms. The highest BCUT2D eigenvalue weighted by molar-refractivity contribution is 6.13. The summed E-state index contributed by atoms with van der Waals surface area (Å²) in [6.45, 7) is 0.823. The third-order valence-corrected chi connectivity index (χ3v) is 4.21. The maximum absolute atomic E-state index is 8.92. The lowest BCUT2D eigenvalue weighted by Gasteiger charge is -2.12. The minimum atomic E-state index is -0.750. The van der Waals surface area contributed by atoms with Gasteiger partial charge in [0.1, 0.15) is 0 Å². The normalized spacial score (nSPS) is 10.6. The molecule has 0 fully saturated rings. The molecule has 0 atom stereocenters. The Balaban J connectivity index is 0.000000701. The minimum Gasteiger partial charge on any atom is -0.430 e. The first-order valence-corrected chi connectivity index (χ1v) is 8.58. The number of aryl methyl sites for hydroxylation is 1. The first kappa shape index (κ1) is 19.3. The lowest BCUT2D eigenvalue weighted by atomic mass is 9.95. The lowest BCUT2D eigenvalue weighted by molar-refractivity contribution is 0.283. The summed E-state index contributed by atoms with van der Waals surface area (Å²) >= 11 is 0. The molecule has 0 aliphatic carbocycles. The van der Waals surface area contributed by atoms with Gasteiger partial charge in [-0.25, -0.2) is 4.98 Å². The van der Waals surface area contributed by atoms with Gasteiger partial charge < -0.3 is 20.9 Å². The van der Waals surface area contributed by atoms with Gasteiger partial charge in [0.25, 0.3) is 0 Å². The van der Waals surface area contributed by atoms with Crippen molar-refractivity contribution in [3.8, 4) is 0 Å². The van der Waals surface area contributed by atoms with Gasteiger partial charge in [0.2, 0.25) is 0 Å². The molecule has 25 heavy (non-hydrogen) atoms. The molecule has 0 bridgehead atoms. The summed E-state index contributed by atoms with van der Waals surface area (Å²) in [6.07, 6.45) is 3.96. The molecule has 132 valence electrons. The van der Waals surface area contributed by atoms with Crippen molar-refractivity contribution in [1.82, 2.24) is 4.98 Å². The Morgan fingerprint density at radius 3 is 2.44 bits per heavy atom. The Morgan fingerprint density at radius 1 is 0.960 bits per heavy atom. The van der Waals surface area contributed by atoms with Crippen molar-refractivity contribution in [2.24, 2.45) is 5.73 Å². The monoisotopic (exact) mass is 340 g/mol. The molecule has 0 saturated carbocycles. The van der Waals surface area contributed by atoms with E-state index in [1.54, 1.807) is 0 Å². The second-order valence-electron chi connectivity index (χ2n) is 5.83. The number of hydrogen-bond acceptors (Lipinski definition) is 5. The van der Waals surface area contributed by atoms with Crippen molar-refractivity contribution in [1.29, 1.82) is 0 Å². The number of pyridine rings is 1. The molecule has 0 amide bonds. The summed E-state index contributed by atoms with van der Waals surface area (Å²) in [5.41, 5.74) is 10.5. The minimum absolute atomic E-state index is 0.269. The van der Waals surface area contributed by atoms with Crippen molar-refractivity contribution in [2.45, 2.75) is 32.2 Å². The number of fused-ring (bicyclic) bond motifs is 2. The number of unbranched alkanes of at least 4 members (excludes halogenated alkanes) is 2. The topological polar surface area (TPSA) is 99.6 Å². The molecule has 0 spiro atoms.